The molecule has 0 amide bonds. The van der Waals surface area contributed by atoms with Gasteiger partial charge in [0.1, 0.15) is 0 Å². The Morgan fingerprint density at radius 1 is 1.14 bits per heavy atom. The van der Waals surface area contributed by atoms with Gasteiger partial charge in [0.05, 0.1) is 10.0 Å². The molecule has 1 heterocycles. The van der Waals surface area contributed by atoms with Crippen molar-refractivity contribution in [2.24, 2.45) is 5.92 Å². The van der Waals surface area contributed by atoms with Crippen molar-refractivity contribution in [3.05, 3.63) is 33.8 Å². The van der Waals surface area contributed by atoms with Gasteiger partial charge in [-0.1, -0.05) is 54.6 Å². The second-order valence-corrected chi connectivity index (χ2v) is 7.14. The maximum Gasteiger partial charge on any atom is 0.0637 e. The van der Waals surface area contributed by atoms with Crippen molar-refractivity contribution in [1.29, 1.82) is 0 Å². The van der Waals surface area contributed by atoms with Crippen molar-refractivity contribution >= 4 is 23.2 Å². The molecule has 1 aliphatic carbocycles. The van der Waals surface area contributed by atoms with Crippen molar-refractivity contribution < 1.29 is 0 Å². The van der Waals surface area contributed by atoms with Crippen LogP contribution in [0.1, 0.15) is 37.7 Å². The van der Waals surface area contributed by atoms with Crippen LogP contribution in [0.5, 0.6) is 0 Å². The van der Waals surface area contributed by atoms with Gasteiger partial charge in [-0.05, 0) is 30.4 Å². The normalized spacial score (nSPS) is 25.1. The highest BCUT2D eigenvalue weighted by molar-refractivity contribution is 6.42. The molecule has 1 atom stereocenters. The predicted octanol–water partition coefficient (Wildman–Crippen LogP) is 4.35. The summed E-state index contributed by atoms with van der Waals surface area (Å²) in [4.78, 5) is 2.62. The minimum Gasteiger partial charge on any atom is -0.314 e. The molecule has 1 N–H and O–H groups in total. The Morgan fingerprint density at radius 2 is 1.95 bits per heavy atom. The average Bonchev–Trinajstić information content (AvgIpc) is 2.53. The number of hydrogen-bond donors (Lipinski definition) is 1. The van der Waals surface area contributed by atoms with Crippen molar-refractivity contribution in [1.82, 2.24) is 10.2 Å². The zero-order chi connectivity index (χ0) is 14.7. The molecule has 2 aliphatic rings. The molecular formula is C17H24Cl2N2. The number of halogens is 2. The van der Waals surface area contributed by atoms with Gasteiger partial charge < -0.3 is 5.32 Å². The molecule has 1 saturated carbocycles. The van der Waals surface area contributed by atoms with Crippen LogP contribution in [0, 0.1) is 5.92 Å². The number of benzene rings is 1. The van der Waals surface area contributed by atoms with Crippen LogP contribution < -0.4 is 5.32 Å². The first-order valence-corrected chi connectivity index (χ1v) is 8.89. The summed E-state index contributed by atoms with van der Waals surface area (Å²) in [5.41, 5.74) is 1.16. The third-order valence-electron chi connectivity index (χ3n) is 5.00. The second-order valence-electron chi connectivity index (χ2n) is 6.35. The minimum atomic E-state index is 0.647. The van der Waals surface area contributed by atoms with E-state index in [1.165, 1.54) is 32.1 Å². The van der Waals surface area contributed by atoms with Gasteiger partial charge >= 0.3 is 0 Å². The summed E-state index contributed by atoms with van der Waals surface area (Å²) in [6.07, 6.45) is 6.97. The molecule has 0 radical (unpaired) electrons. The highest BCUT2D eigenvalue weighted by Crippen LogP contribution is 2.32. The van der Waals surface area contributed by atoms with Crippen LogP contribution in [0.2, 0.25) is 10.0 Å². The molecule has 3 rings (SSSR count). The molecule has 0 bridgehead atoms. The summed E-state index contributed by atoms with van der Waals surface area (Å²) >= 11 is 12.5. The van der Waals surface area contributed by atoms with Crippen LogP contribution in [0.4, 0.5) is 0 Å². The molecule has 2 nitrogen and oxygen atoms in total. The van der Waals surface area contributed by atoms with Gasteiger partial charge in [-0.3, -0.25) is 4.90 Å². The molecule has 1 aromatic carbocycles. The minimum absolute atomic E-state index is 0.647. The van der Waals surface area contributed by atoms with E-state index in [-0.39, 0.29) is 0 Å². The fourth-order valence-corrected chi connectivity index (χ4v) is 4.22. The van der Waals surface area contributed by atoms with Gasteiger partial charge in [-0.2, -0.15) is 0 Å². The zero-order valence-electron chi connectivity index (χ0n) is 12.5. The van der Waals surface area contributed by atoms with Crippen LogP contribution in [0.15, 0.2) is 18.2 Å². The molecule has 21 heavy (non-hydrogen) atoms. The molecule has 2 fully saturated rings. The average molecular weight is 327 g/mol. The first-order valence-electron chi connectivity index (χ1n) is 8.13. The van der Waals surface area contributed by atoms with E-state index in [0.29, 0.717) is 11.1 Å². The highest BCUT2D eigenvalue weighted by atomic mass is 35.5. The van der Waals surface area contributed by atoms with Gasteiger partial charge in [-0.15, -0.1) is 0 Å². The summed E-state index contributed by atoms with van der Waals surface area (Å²) < 4.78 is 0. The second kappa shape index (κ2) is 7.32. The molecule has 1 aliphatic heterocycles. The lowest BCUT2D eigenvalue weighted by molar-refractivity contribution is 0.0860. The summed E-state index contributed by atoms with van der Waals surface area (Å²) in [6, 6.07) is 6.62. The molecule has 0 aromatic heterocycles. The quantitative estimate of drug-likeness (QED) is 0.888. The number of piperazine rings is 1. The smallest absolute Gasteiger partial charge is 0.0637 e. The summed E-state index contributed by atoms with van der Waals surface area (Å²) in [7, 11) is 0. The molecule has 1 unspecified atom stereocenters. The third kappa shape index (κ3) is 3.73. The SMILES string of the molecule is Clc1cccc(CN2CCNCC2C2CCCCC2)c1Cl. The zero-order valence-corrected chi connectivity index (χ0v) is 14.0. The number of nitrogens with zero attached hydrogens (tertiary/aromatic N) is 1. The molecule has 0 spiro atoms. The lowest BCUT2D eigenvalue weighted by Crippen LogP contribution is -2.54. The van der Waals surface area contributed by atoms with Gasteiger partial charge in [-0.25, -0.2) is 0 Å². The Kier molecular flexibility index (Phi) is 5.44. The van der Waals surface area contributed by atoms with Gasteiger partial charge in [0.25, 0.3) is 0 Å². The van der Waals surface area contributed by atoms with Crippen LogP contribution in [-0.2, 0) is 6.54 Å². The summed E-state index contributed by atoms with van der Waals surface area (Å²) in [6.45, 7) is 4.20. The Balaban J connectivity index is 1.73. The van der Waals surface area contributed by atoms with Crippen LogP contribution in [0.25, 0.3) is 0 Å². The topological polar surface area (TPSA) is 15.3 Å². The monoisotopic (exact) mass is 326 g/mol. The van der Waals surface area contributed by atoms with E-state index in [2.05, 4.69) is 16.3 Å². The predicted molar refractivity (Wildman–Crippen MR) is 90.1 cm³/mol. The fourth-order valence-electron chi connectivity index (χ4n) is 3.84. The Labute approximate surface area is 137 Å². The van der Waals surface area contributed by atoms with E-state index < -0.39 is 0 Å². The van der Waals surface area contributed by atoms with E-state index in [9.17, 15) is 0 Å². The fraction of sp³-hybridized carbons (Fsp3) is 0.647. The van der Waals surface area contributed by atoms with E-state index in [4.69, 9.17) is 23.2 Å². The molecule has 116 valence electrons. The molecule has 1 saturated heterocycles. The number of hydrogen-bond acceptors (Lipinski definition) is 2. The van der Waals surface area contributed by atoms with Crippen molar-refractivity contribution in [3.63, 3.8) is 0 Å². The first-order chi connectivity index (χ1) is 10.3. The van der Waals surface area contributed by atoms with Crippen LogP contribution in [-0.4, -0.2) is 30.6 Å². The van der Waals surface area contributed by atoms with Gasteiger partial charge in [0.15, 0.2) is 0 Å². The Morgan fingerprint density at radius 3 is 2.76 bits per heavy atom. The number of nitrogens with one attached hydrogen (secondary N) is 1. The van der Waals surface area contributed by atoms with Gasteiger partial charge in [0.2, 0.25) is 0 Å². The highest BCUT2D eigenvalue weighted by Gasteiger charge is 2.30. The Bertz CT molecular complexity index is 472. The van der Waals surface area contributed by atoms with Crippen molar-refractivity contribution in [2.75, 3.05) is 19.6 Å². The van der Waals surface area contributed by atoms with Crippen molar-refractivity contribution in [2.45, 2.75) is 44.7 Å². The van der Waals surface area contributed by atoms with E-state index in [1.807, 2.05) is 12.1 Å². The third-order valence-corrected chi connectivity index (χ3v) is 5.86. The van der Waals surface area contributed by atoms with E-state index in [0.717, 1.165) is 42.7 Å². The van der Waals surface area contributed by atoms with E-state index >= 15 is 0 Å². The molecule has 1 aromatic rings. The van der Waals surface area contributed by atoms with Gasteiger partial charge in [0, 0.05) is 32.2 Å². The van der Waals surface area contributed by atoms with Crippen LogP contribution in [0.3, 0.4) is 0 Å². The first kappa shape index (κ1) is 15.6. The summed E-state index contributed by atoms with van der Waals surface area (Å²) in [5, 5.41) is 4.96. The van der Waals surface area contributed by atoms with E-state index in [1.54, 1.807) is 0 Å². The molecule has 4 heteroatoms. The summed E-state index contributed by atoms with van der Waals surface area (Å²) in [5.74, 6) is 0.838. The standard InChI is InChI=1S/C17H24Cl2N2/c18-15-8-4-7-14(17(15)19)12-21-10-9-20-11-16(21)13-5-2-1-3-6-13/h4,7-8,13,16,20H,1-3,5-6,9-12H2. The Hall–Kier alpha value is -0.280. The maximum absolute atomic E-state index is 6.37. The van der Waals surface area contributed by atoms with Crippen molar-refractivity contribution in [3.8, 4) is 0 Å². The van der Waals surface area contributed by atoms with Crippen LogP contribution >= 0.6 is 23.2 Å². The molecular weight excluding hydrogens is 303 g/mol. The lowest BCUT2D eigenvalue weighted by Gasteiger charge is -2.42. The number of rotatable bonds is 3. The largest absolute Gasteiger partial charge is 0.314 e. The lowest BCUT2D eigenvalue weighted by atomic mass is 9.82. The maximum atomic E-state index is 6.37.